The predicted molar refractivity (Wildman–Crippen MR) is 88.8 cm³/mol. The third-order valence-electron chi connectivity index (χ3n) is 3.38. The molecule has 0 saturated heterocycles. The van der Waals surface area contributed by atoms with E-state index in [0.717, 1.165) is 18.2 Å². The van der Waals surface area contributed by atoms with Crippen molar-refractivity contribution in [3.05, 3.63) is 48.0 Å². The summed E-state index contributed by atoms with van der Waals surface area (Å²) in [6.07, 6.45) is 0.469. The number of amides is 1. The summed E-state index contributed by atoms with van der Waals surface area (Å²) < 4.78 is 0. The summed E-state index contributed by atoms with van der Waals surface area (Å²) >= 11 is 0. The average molecular weight is 285 g/mol. The first-order chi connectivity index (χ1) is 9.44. The zero-order chi connectivity index (χ0) is 14.6. The maximum Gasteiger partial charge on any atom is 0.224 e. The molecule has 1 amide bonds. The van der Waals surface area contributed by atoms with Gasteiger partial charge in [-0.2, -0.15) is 0 Å². The van der Waals surface area contributed by atoms with E-state index >= 15 is 0 Å². The number of benzene rings is 2. The van der Waals surface area contributed by atoms with Crippen LogP contribution in [-0.4, -0.2) is 20.5 Å². The van der Waals surface area contributed by atoms with Crippen LogP contribution in [0.5, 0.6) is 0 Å². The molecule has 2 aromatic rings. The second kappa shape index (κ2) is 6.22. The van der Waals surface area contributed by atoms with Crippen LogP contribution < -0.4 is 5.32 Å². The van der Waals surface area contributed by atoms with Crippen molar-refractivity contribution < 1.29 is 4.79 Å². The predicted octanol–water partition coefficient (Wildman–Crippen LogP) is 3.84. The van der Waals surface area contributed by atoms with Crippen molar-refractivity contribution in [3.8, 4) is 0 Å². The molecule has 106 valence electrons. The first-order valence-corrected chi connectivity index (χ1v) is 10.9. The smallest absolute Gasteiger partial charge is 0.224 e. The lowest BCUT2D eigenvalue weighted by Crippen LogP contribution is -2.31. The second-order valence-corrected chi connectivity index (χ2v) is 12.1. The first kappa shape index (κ1) is 14.8. The minimum atomic E-state index is -1.07. The van der Waals surface area contributed by atoms with E-state index in [1.54, 1.807) is 0 Å². The molecule has 0 heterocycles. The molecule has 1 N–H and O–H groups in total. The van der Waals surface area contributed by atoms with Gasteiger partial charge in [-0.15, -0.1) is 0 Å². The topological polar surface area (TPSA) is 29.1 Å². The van der Waals surface area contributed by atoms with E-state index in [1.165, 1.54) is 10.8 Å². The summed E-state index contributed by atoms with van der Waals surface area (Å²) in [4.78, 5) is 11.9. The van der Waals surface area contributed by atoms with Crippen LogP contribution in [0.1, 0.15) is 5.56 Å². The van der Waals surface area contributed by atoms with Crippen molar-refractivity contribution in [1.82, 2.24) is 5.32 Å². The summed E-state index contributed by atoms with van der Waals surface area (Å²) in [5.41, 5.74) is 1.08. The molecule has 0 aromatic heterocycles. The van der Waals surface area contributed by atoms with Crippen LogP contribution in [0.3, 0.4) is 0 Å². The van der Waals surface area contributed by atoms with Crippen molar-refractivity contribution in [2.24, 2.45) is 0 Å². The minimum absolute atomic E-state index is 0.124. The normalized spacial score (nSPS) is 11.6. The number of nitrogens with one attached hydrogen (secondary N) is 1. The summed E-state index contributed by atoms with van der Waals surface area (Å²) in [5.74, 6) is 0.124. The van der Waals surface area contributed by atoms with E-state index in [9.17, 15) is 4.79 Å². The number of fused-ring (bicyclic) bond motifs is 1. The third-order valence-corrected chi connectivity index (χ3v) is 5.13. The van der Waals surface area contributed by atoms with E-state index in [1.807, 2.05) is 18.2 Å². The Morgan fingerprint density at radius 2 is 1.75 bits per heavy atom. The van der Waals surface area contributed by atoms with Gasteiger partial charge in [0.05, 0.1) is 6.42 Å². The molecule has 2 aromatic carbocycles. The molecule has 0 spiro atoms. The Hall–Kier alpha value is -1.61. The van der Waals surface area contributed by atoms with Gasteiger partial charge in [0.2, 0.25) is 5.91 Å². The highest BCUT2D eigenvalue weighted by molar-refractivity contribution is 6.76. The Morgan fingerprint density at radius 3 is 2.45 bits per heavy atom. The largest absolute Gasteiger partial charge is 0.356 e. The SMILES string of the molecule is C[Si](C)(C)CCNC(=O)Cc1ccc2ccccc2c1. The molecule has 0 saturated carbocycles. The fraction of sp³-hybridized carbons (Fsp3) is 0.353. The van der Waals surface area contributed by atoms with Gasteiger partial charge in [-0.25, -0.2) is 0 Å². The van der Waals surface area contributed by atoms with Gasteiger partial charge in [0.15, 0.2) is 0 Å². The first-order valence-electron chi connectivity index (χ1n) is 7.18. The van der Waals surface area contributed by atoms with Gasteiger partial charge in [-0.3, -0.25) is 4.79 Å². The van der Waals surface area contributed by atoms with Crippen LogP contribution in [0.15, 0.2) is 42.5 Å². The van der Waals surface area contributed by atoms with Gasteiger partial charge < -0.3 is 5.32 Å². The number of hydrogen-bond acceptors (Lipinski definition) is 1. The number of carbonyl (C=O) groups is 1. The van der Waals surface area contributed by atoms with E-state index in [0.29, 0.717) is 6.42 Å². The summed E-state index contributed by atoms with van der Waals surface area (Å²) in [6.45, 7) is 7.77. The van der Waals surface area contributed by atoms with Gasteiger partial charge >= 0.3 is 0 Å². The van der Waals surface area contributed by atoms with Gasteiger partial charge in [-0.1, -0.05) is 62.1 Å². The van der Waals surface area contributed by atoms with Crippen LogP contribution in [0.25, 0.3) is 10.8 Å². The molecule has 0 radical (unpaired) electrons. The van der Waals surface area contributed by atoms with Crippen molar-refractivity contribution in [3.63, 3.8) is 0 Å². The molecule has 0 fully saturated rings. The highest BCUT2D eigenvalue weighted by atomic mass is 28.3. The van der Waals surface area contributed by atoms with Crippen molar-refractivity contribution in [1.29, 1.82) is 0 Å². The standard InChI is InChI=1S/C17H23NOSi/c1-20(2,3)11-10-18-17(19)13-14-8-9-15-6-4-5-7-16(15)12-14/h4-9,12H,10-11,13H2,1-3H3,(H,18,19). The van der Waals surface area contributed by atoms with Gasteiger partial charge in [-0.05, 0) is 22.4 Å². The van der Waals surface area contributed by atoms with E-state index in [-0.39, 0.29) is 5.91 Å². The van der Waals surface area contributed by atoms with E-state index < -0.39 is 8.07 Å². The molecule has 0 bridgehead atoms. The molecule has 2 rings (SSSR count). The van der Waals surface area contributed by atoms with Gasteiger partial charge in [0, 0.05) is 14.6 Å². The van der Waals surface area contributed by atoms with Crippen LogP contribution >= 0.6 is 0 Å². The fourth-order valence-electron chi connectivity index (χ4n) is 2.17. The lowest BCUT2D eigenvalue weighted by Gasteiger charge is -2.15. The second-order valence-electron chi connectivity index (χ2n) is 6.52. The lowest BCUT2D eigenvalue weighted by atomic mass is 10.1. The Labute approximate surface area is 122 Å². The minimum Gasteiger partial charge on any atom is -0.356 e. The quantitative estimate of drug-likeness (QED) is 0.831. The molecule has 20 heavy (non-hydrogen) atoms. The van der Waals surface area contributed by atoms with Crippen LogP contribution in [-0.2, 0) is 11.2 Å². The molecule has 0 atom stereocenters. The zero-order valence-corrected chi connectivity index (χ0v) is 13.6. The molecule has 0 unspecified atom stereocenters. The Kier molecular flexibility index (Phi) is 4.60. The molecular formula is C17H23NOSi. The summed E-state index contributed by atoms with van der Waals surface area (Å²) in [7, 11) is -1.07. The monoisotopic (exact) mass is 285 g/mol. The van der Waals surface area contributed by atoms with Gasteiger partial charge in [0.1, 0.15) is 0 Å². The summed E-state index contributed by atoms with van der Waals surface area (Å²) in [5, 5.41) is 5.44. The molecule has 2 nitrogen and oxygen atoms in total. The molecule has 0 aliphatic rings. The van der Waals surface area contributed by atoms with Crippen LogP contribution in [0.2, 0.25) is 25.7 Å². The van der Waals surface area contributed by atoms with Crippen molar-refractivity contribution in [2.75, 3.05) is 6.54 Å². The molecule has 0 aliphatic carbocycles. The van der Waals surface area contributed by atoms with Crippen molar-refractivity contribution in [2.45, 2.75) is 32.1 Å². The highest BCUT2D eigenvalue weighted by Gasteiger charge is 2.12. The highest BCUT2D eigenvalue weighted by Crippen LogP contribution is 2.16. The third kappa shape index (κ3) is 4.49. The number of carbonyl (C=O) groups excluding carboxylic acids is 1. The summed E-state index contributed by atoms with van der Waals surface area (Å²) in [6, 6.07) is 15.6. The van der Waals surface area contributed by atoms with E-state index in [2.05, 4.69) is 49.2 Å². The fourth-order valence-corrected chi connectivity index (χ4v) is 3.05. The van der Waals surface area contributed by atoms with E-state index in [4.69, 9.17) is 0 Å². The van der Waals surface area contributed by atoms with Crippen LogP contribution in [0, 0.1) is 0 Å². The molecular weight excluding hydrogens is 262 g/mol. The molecule has 0 aliphatic heterocycles. The Bertz CT molecular complexity index is 601. The zero-order valence-electron chi connectivity index (χ0n) is 12.6. The number of rotatable bonds is 5. The number of hydrogen-bond donors (Lipinski definition) is 1. The van der Waals surface area contributed by atoms with Crippen LogP contribution in [0.4, 0.5) is 0 Å². The molecule has 3 heteroatoms. The maximum absolute atomic E-state index is 11.9. The maximum atomic E-state index is 11.9. The Balaban J connectivity index is 1.92. The Morgan fingerprint density at radius 1 is 1.05 bits per heavy atom. The average Bonchev–Trinajstić information content (AvgIpc) is 2.37. The van der Waals surface area contributed by atoms with Gasteiger partial charge in [0.25, 0.3) is 0 Å². The lowest BCUT2D eigenvalue weighted by molar-refractivity contribution is -0.120. The van der Waals surface area contributed by atoms with Crippen molar-refractivity contribution >= 4 is 24.8 Å².